The third kappa shape index (κ3) is 4.30. The second-order valence-corrected chi connectivity index (χ2v) is 9.53. The summed E-state index contributed by atoms with van der Waals surface area (Å²) < 4.78 is 16.0. The lowest BCUT2D eigenvalue weighted by molar-refractivity contribution is 0.349. The van der Waals surface area contributed by atoms with E-state index in [0.717, 1.165) is 40.8 Å². The number of thiazole rings is 1. The van der Waals surface area contributed by atoms with E-state index < -0.39 is 0 Å². The van der Waals surface area contributed by atoms with E-state index in [2.05, 4.69) is 46.1 Å². The molecule has 4 aromatic rings. The van der Waals surface area contributed by atoms with Gasteiger partial charge in [0.15, 0.2) is 10.8 Å². The zero-order chi connectivity index (χ0) is 22.1. The van der Waals surface area contributed by atoms with Crippen molar-refractivity contribution >= 4 is 65.7 Å². The molecule has 2 aromatic carbocycles. The van der Waals surface area contributed by atoms with Gasteiger partial charge in [0.05, 0.1) is 33.4 Å². The SMILES string of the molecule is NC(=NCCN1CCCC1)c1nc2ccc3ncnc(Nc4ccc(Br)cc4F)c3c2s1. The third-order valence-electron chi connectivity index (χ3n) is 5.46. The van der Waals surface area contributed by atoms with E-state index in [0.29, 0.717) is 33.4 Å². The predicted octanol–water partition coefficient (Wildman–Crippen LogP) is 4.69. The Morgan fingerprint density at radius 3 is 2.81 bits per heavy atom. The summed E-state index contributed by atoms with van der Waals surface area (Å²) in [5.74, 6) is 0.572. The summed E-state index contributed by atoms with van der Waals surface area (Å²) in [6.07, 6.45) is 3.98. The molecule has 0 bridgehead atoms. The second kappa shape index (κ2) is 9.05. The molecule has 1 saturated heterocycles. The van der Waals surface area contributed by atoms with Crippen molar-refractivity contribution in [3.63, 3.8) is 0 Å². The number of hydrogen-bond donors (Lipinski definition) is 2. The highest BCUT2D eigenvalue weighted by Gasteiger charge is 2.16. The van der Waals surface area contributed by atoms with Gasteiger partial charge in [-0.3, -0.25) is 4.99 Å². The van der Waals surface area contributed by atoms with Gasteiger partial charge in [-0.1, -0.05) is 15.9 Å². The number of fused-ring (bicyclic) bond motifs is 3. The third-order valence-corrected chi connectivity index (χ3v) is 7.06. The summed E-state index contributed by atoms with van der Waals surface area (Å²) in [5.41, 5.74) is 8.12. The van der Waals surface area contributed by atoms with Crippen LogP contribution in [0.25, 0.3) is 21.1 Å². The average Bonchev–Trinajstić information content (AvgIpc) is 3.45. The maximum atomic E-state index is 14.4. The summed E-state index contributed by atoms with van der Waals surface area (Å²) in [6.45, 7) is 3.84. The summed E-state index contributed by atoms with van der Waals surface area (Å²) in [7, 11) is 0. The normalized spacial score (nSPS) is 15.1. The number of likely N-dealkylation sites (tertiary alicyclic amines) is 1. The van der Waals surface area contributed by atoms with Crippen LogP contribution in [-0.2, 0) is 0 Å². The summed E-state index contributed by atoms with van der Waals surface area (Å²) in [4.78, 5) is 20.4. The molecule has 2 aromatic heterocycles. The van der Waals surface area contributed by atoms with E-state index >= 15 is 0 Å². The van der Waals surface area contributed by atoms with Gasteiger partial charge < -0.3 is 16.0 Å². The molecule has 164 valence electrons. The lowest BCUT2D eigenvalue weighted by Crippen LogP contribution is -2.24. The van der Waals surface area contributed by atoms with Crippen molar-refractivity contribution in [2.24, 2.45) is 10.7 Å². The number of benzene rings is 2. The number of aliphatic imine (C=N–C) groups is 1. The number of nitrogens with zero attached hydrogens (tertiary/aromatic N) is 5. The first kappa shape index (κ1) is 21.2. The van der Waals surface area contributed by atoms with E-state index in [4.69, 9.17) is 5.73 Å². The van der Waals surface area contributed by atoms with E-state index in [1.54, 1.807) is 12.1 Å². The molecule has 1 aliphatic rings. The van der Waals surface area contributed by atoms with Crippen LogP contribution in [0.3, 0.4) is 0 Å². The molecule has 10 heteroatoms. The first-order valence-electron chi connectivity index (χ1n) is 10.4. The van der Waals surface area contributed by atoms with Crippen LogP contribution in [-0.4, -0.2) is 51.9 Å². The van der Waals surface area contributed by atoms with Crippen LogP contribution in [0.4, 0.5) is 15.9 Å². The molecule has 3 N–H and O–H groups in total. The van der Waals surface area contributed by atoms with E-state index in [-0.39, 0.29) is 5.82 Å². The van der Waals surface area contributed by atoms with Crippen LogP contribution in [0.1, 0.15) is 17.8 Å². The smallest absolute Gasteiger partial charge is 0.159 e. The van der Waals surface area contributed by atoms with Crippen LogP contribution in [0.5, 0.6) is 0 Å². The average molecular weight is 514 g/mol. The van der Waals surface area contributed by atoms with Crippen molar-refractivity contribution in [3.05, 3.63) is 52.0 Å². The van der Waals surface area contributed by atoms with Gasteiger partial charge in [-0.2, -0.15) is 0 Å². The molecule has 5 rings (SSSR count). The number of anilines is 2. The van der Waals surface area contributed by atoms with Crippen LogP contribution >= 0.6 is 27.3 Å². The zero-order valence-electron chi connectivity index (χ0n) is 17.2. The second-order valence-electron chi connectivity index (χ2n) is 7.61. The fraction of sp³-hybridized carbons (Fsp3) is 0.273. The minimum atomic E-state index is -0.377. The van der Waals surface area contributed by atoms with Gasteiger partial charge in [0.2, 0.25) is 0 Å². The highest BCUT2D eigenvalue weighted by Crippen LogP contribution is 2.35. The standard InChI is InChI=1S/C22H21BrFN7S/c23-13-3-4-15(14(24)11-13)29-21-18-16(27-12-28-21)5-6-17-19(18)32-22(30-17)20(25)26-7-10-31-8-1-2-9-31/h3-6,11-12H,1-2,7-10H2,(H2,25,26)(H,27,28,29). The quantitative estimate of drug-likeness (QED) is 0.287. The van der Waals surface area contributed by atoms with Gasteiger partial charge >= 0.3 is 0 Å². The maximum Gasteiger partial charge on any atom is 0.159 e. The molecule has 0 saturated carbocycles. The topological polar surface area (TPSA) is 92.3 Å². The number of nitrogens with one attached hydrogen (secondary N) is 1. The van der Waals surface area contributed by atoms with Gasteiger partial charge in [0.1, 0.15) is 18.0 Å². The molecule has 0 radical (unpaired) electrons. The molecular weight excluding hydrogens is 493 g/mol. The Labute approximate surface area is 196 Å². The lowest BCUT2D eigenvalue weighted by atomic mass is 10.2. The summed E-state index contributed by atoms with van der Waals surface area (Å²) in [5, 5.41) is 4.55. The number of rotatable bonds is 6. The molecule has 0 atom stereocenters. The molecule has 0 aliphatic carbocycles. The van der Waals surface area contributed by atoms with Crippen molar-refractivity contribution in [3.8, 4) is 0 Å². The number of nitrogens with two attached hydrogens (primary N) is 1. The molecule has 3 heterocycles. The van der Waals surface area contributed by atoms with Crippen LogP contribution in [0.2, 0.25) is 0 Å². The minimum absolute atomic E-state index is 0.331. The Balaban J connectivity index is 1.49. The van der Waals surface area contributed by atoms with Crippen molar-refractivity contribution in [1.29, 1.82) is 0 Å². The molecule has 7 nitrogen and oxygen atoms in total. The highest BCUT2D eigenvalue weighted by molar-refractivity contribution is 9.10. The Kier molecular flexibility index (Phi) is 5.99. The molecule has 1 fully saturated rings. The van der Waals surface area contributed by atoms with Gasteiger partial charge in [-0.25, -0.2) is 19.3 Å². The van der Waals surface area contributed by atoms with Gasteiger partial charge in [0, 0.05) is 11.0 Å². The lowest BCUT2D eigenvalue weighted by Gasteiger charge is -2.11. The minimum Gasteiger partial charge on any atom is -0.381 e. The first-order valence-corrected chi connectivity index (χ1v) is 12.0. The van der Waals surface area contributed by atoms with Gasteiger partial charge in [-0.15, -0.1) is 11.3 Å². The van der Waals surface area contributed by atoms with Crippen LogP contribution in [0, 0.1) is 5.82 Å². The first-order chi connectivity index (χ1) is 15.6. The number of halogens is 2. The number of amidine groups is 1. The Hall–Kier alpha value is -2.69. The zero-order valence-corrected chi connectivity index (χ0v) is 19.6. The van der Waals surface area contributed by atoms with E-state index in [1.165, 1.54) is 36.6 Å². The number of aromatic nitrogens is 3. The van der Waals surface area contributed by atoms with Crippen LogP contribution in [0.15, 0.2) is 46.1 Å². The Bertz CT molecular complexity index is 1320. The van der Waals surface area contributed by atoms with Crippen molar-refractivity contribution in [2.75, 3.05) is 31.5 Å². The molecule has 0 amide bonds. The van der Waals surface area contributed by atoms with Crippen LogP contribution < -0.4 is 11.1 Å². The van der Waals surface area contributed by atoms with Gasteiger partial charge in [-0.05, 0) is 56.3 Å². The van der Waals surface area contributed by atoms with E-state index in [9.17, 15) is 4.39 Å². The summed E-state index contributed by atoms with van der Waals surface area (Å²) >= 11 is 4.73. The monoisotopic (exact) mass is 513 g/mol. The molecule has 0 spiro atoms. The Morgan fingerprint density at radius 2 is 2.00 bits per heavy atom. The molecular formula is C22H21BrFN7S. The van der Waals surface area contributed by atoms with Crippen molar-refractivity contribution < 1.29 is 4.39 Å². The maximum absolute atomic E-state index is 14.4. The molecule has 0 unspecified atom stereocenters. The number of hydrogen-bond acceptors (Lipinski definition) is 7. The predicted molar refractivity (Wildman–Crippen MR) is 131 cm³/mol. The van der Waals surface area contributed by atoms with E-state index in [1.807, 2.05) is 12.1 Å². The molecule has 32 heavy (non-hydrogen) atoms. The molecule has 1 aliphatic heterocycles. The van der Waals surface area contributed by atoms with Crippen molar-refractivity contribution in [2.45, 2.75) is 12.8 Å². The van der Waals surface area contributed by atoms with Crippen molar-refractivity contribution in [1.82, 2.24) is 19.9 Å². The largest absolute Gasteiger partial charge is 0.381 e. The summed E-state index contributed by atoms with van der Waals surface area (Å²) in [6, 6.07) is 8.63. The highest BCUT2D eigenvalue weighted by atomic mass is 79.9. The van der Waals surface area contributed by atoms with Gasteiger partial charge in [0.25, 0.3) is 0 Å². The Morgan fingerprint density at radius 1 is 1.19 bits per heavy atom. The fourth-order valence-corrected chi connectivity index (χ4v) is 5.20. The fourth-order valence-electron chi connectivity index (χ4n) is 3.84.